The number of rotatable bonds is 5. The van der Waals surface area contributed by atoms with Crippen molar-refractivity contribution in [1.29, 1.82) is 0 Å². The maximum Gasteiger partial charge on any atom is 0.407 e. The lowest BCUT2D eigenvalue weighted by Gasteiger charge is -2.20. The van der Waals surface area contributed by atoms with Gasteiger partial charge in [0.25, 0.3) is 0 Å². The fourth-order valence-electron chi connectivity index (χ4n) is 2.67. The monoisotopic (exact) mass is 363 g/mol. The molecule has 0 radical (unpaired) electrons. The summed E-state index contributed by atoms with van der Waals surface area (Å²) in [5.41, 5.74) is -1.29. The zero-order chi connectivity index (χ0) is 19.5. The third-order valence-corrected chi connectivity index (χ3v) is 3.87. The number of esters is 1. The molecule has 140 valence electrons. The molecule has 1 amide bonds. The minimum Gasteiger partial charge on any atom is -0.466 e. The third-order valence-electron chi connectivity index (χ3n) is 3.87. The van der Waals surface area contributed by atoms with E-state index in [-0.39, 0.29) is 5.82 Å². The van der Waals surface area contributed by atoms with Crippen LogP contribution in [-0.2, 0) is 19.7 Å². The zero-order valence-corrected chi connectivity index (χ0v) is 15.0. The van der Waals surface area contributed by atoms with Crippen molar-refractivity contribution in [2.45, 2.75) is 44.2 Å². The summed E-state index contributed by atoms with van der Waals surface area (Å²) in [6, 6.07) is 2.66. The van der Waals surface area contributed by atoms with Crippen molar-refractivity contribution < 1.29 is 24.0 Å². The van der Waals surface area contributed by atoms with E-state index in [0.717, 1.165) is 0 Å². The summed E-state index contributed by atoms with van der Waals surface area (Å²) in [5.74, 6) is -0.922. The largest absolute Gasteiger partial charge is 0.466 e. The van der Waals surface area contributed by atoms with Gasteiger partial charge in [0.2, 0.25) is 0 Å². The molecule has 0 aliphatic heterocycles. The van der Waals surface area contributed by atoms with Crippen LogP contribution < -0.4 is 5.32 Å². The number of nitrogens with one attached hydrogen (secondary N) is 1. The van der Waals surface area contributed by atoms with E-state index in [2.05, 4.69) is 15.0 Å². The van der Waals surface area contributed by atoms with Crippen molar-refractivity contribution in [1.82, 2.24) is 10.3 Å². The molecule has 0 bridgehead atoms. The lowest BCUT2D eigenvalue weighted by atomic mass is 9.94. The van der Waals surface area contributed by atoms with Crippen LogP contribution in [0, 0.1) is 10.1 Å². The van der Waals surface area contributed by atoms with Crippen molar-refractivity contribution in [3.8, 4) is 0 Å². The maximum absolute atomic E-state index is 12.0. The van der Waals surface area contributed by atoms with Crippen LogP contribution in [0.15, 0.2) is 30.5 Å². The Morgan fingerprint density at radius 2 is 2.15 bits per heavy atom. The number of amides is 1. The Labute approximate surface area is 150 Å². The van der Waals surface area contributed by atoms with Crippen molar-refractivity contribution in [2.24, 2.45) is 0 Å². The first-order valence-electron chi connectivity index (χ1n) is 7.95. The van der Waals surface area contributed by atoms with Gasteiger partial charge >= 0.3 is 17.9 Å². The van der Waals surface area contributed by atoms with Crippen LogP contribution in [-0.4, -0.2) is 40.7 Å². The quantitative estimate of drug-likeness (QED) is 0.368. The van der Waals surface area contributed by atoms with Crippen molar-refractivity contribution in [3.63, 3.8) is 0 Å². The van der Waals surface area contributed by atoms with E-state index in [9.17, 15) is 19.7 Å². The SMILES string of the molecule is COC(=O)/C=C\C1(c2cccnc2[N+](=O)[O-])CC1NC(=O)OC(C)(C)C. The highest BCUT2D eigenvalue weighted by molar-refractivity contribution is 5.82. The van der Waals surface area contributed by atoms with E-state index < -0.39 is 34.0 Å². The predicted molar refractivity (Wildman–Crippen MR) is 91.5 cm³/mol. The maximum atomic E-state index is 12.0. The molecule has 1 aromatic heterocycles. The van der Waals surface area contributed by atoms with Gasteiger partial charge < -0.3 is 24.9 Å². The smallest absolute Gasteiger partial charge is 0.407 e. The average Bonchev–Trinajstić information content (AvgIpc) is 3.24. The van der Waals surface area contributed by atoms with Gasteiger partial charge in [0, 0.05) is 17.5 Å². The molecule has 2 rings (SSSR count). The fraction of sp³-hybridized carbons (Fsp3) is 0.471. The second kappa shape index (κ2) is 7.11. The van der Waals surface area contributed by atoms with Gasteiger partial charge in [0.1, 0.15) is 11.8 Å². The first kappa shape index (κ1) is 19.4. The summed E-state index contributed by atoms with van der Waals surface area (Å²) >= 11 is 0. The number of hydrogen-bond acceptors (Lipinski definition) is 7. The van der Waals surface area contributed by atoms with Crippen LogP contribution in [0.1, 0.15) is 32.8 Å². The Kier molecular flexibility index (Phi) is 5.29. The van der Waals surface area contributed by atoms with Gasteiger partial charge in [-0.3, -0.25) is 0 Å². The van der Waals surface area contributed by atoms with Crippen LogP contribution in [0.5, 0.6) is 0 Å². The highest BCUT2D eigenvalue weighted by Crippen LogP contribution is 2.52. The average molecular weight is 363 g/mol. The standard InChI is InChI=1S/C17H21N3O6/c1-16(2,3)26-15(22)19-12-10-17(12,8-7-13(21)25-4)11-6-5-9-18-14(11)20(23)24/h5-9,12H,10H2,1-4H3,(H,19,22)/b8-7-. The van der Waals surface area contributed by atoms with E-state index in [4.69, 9.17) is 4.74 Å². The lowest BCUT2D eigenvalue weighted by molar-refractivity contribution is -0.390. The van der Waals surface area contributed by atoms with Gasteiger partial charge in [0.05, 0.1) is 12.7 Å². The van der Waals surface area contributed by atoms with E-state index in [1.807, 2.05) is 0 Å². The molecule has 9 nitrogen and oxygen atoms in total. The highest BCUT2D eigenvalue weighted by Gasteiger charge is 2.58. The summed E-state index contributed by atoms with van der Waals surface area (Å²) < 4.78 is 9.81. The number of alkyl carbamates (subject to hydrolysis) is 1. The van der Waals surface area contributed by atoms with Gasteiger partial charge in [-0.05, 0) is 49.2 Å². The number of hydrogen-bond donors (Lipinski definition) is 1. The number of nitrogens with zero attached hydrogens (tertiary/aromatic N) is 2. The van der Waals surface area contributed by atoms with Gasteiger partial charge in [0.15, 0.2) is 0 Å². The Bertz CT molecular complexity index is 755. The molecule has 26 heavy (non-hydrogen) atoms. The molecule has 1 aliphatic carbocycles. The van der Waals surface area contributed by atoms with Gasteiger partial charge in [-0.15, -0.1) is 0 Å². The molecule has 1 saturated carbocycles. The second-order valence-electron chi connectivity index (χ2n) is 6.93. The molecular weight excluding hydrogens is 342 g/mol. The molecule has 1 heterocycles. The molecular formula is C17H21N3O6. The first-order valence-corrected chi connectivity index (χ1v) is 7.95. The van der Waals surface area contributed by atoms with Gasteiger partial charge in [-0.1, -0.05) is 6.08 Å². The van der Waals surface area contributed by atoms with E-state index in [0.29, 0.717) is 12.0 Å². The molecule has 1 fully saturated rings. The Balaban J connectivity index is 2.33. The Morgan fingerprint density at radius 3 is 2.73 bits per heavy atom. The van der Waals surface area contributed by atoms with Crippen LogP contribution in [0.3, 0.4) is 0 Å². The van der Waals surface area contributed by atoms with Crippen LogP contribution in [0.4, 0.5) is 10.6 Å². The number of methoxy groups -OCH3 is 1. The molecule has 0 spiro atoms. The van der Waals surface area contributed by atoms with Crippen molar-refractivity contribution in [3.05, 3.63) is 46.2 Å². The normalized spacial score (nSPS) is 21.9. The molecule has 2 unspecified atom stereocenters. The third kappa shape index (κ3) is 4.35. The minimum absolute atomic E-state index is 0.311. The topological polar surface area (TPSA) is 121 Å². The van der Waals surface area contributed by atoms with Crippen molar-refractivity contribution in [2.75, 3.05) is 7.11 Å². The first-order chi connectivity index (χ1) is 12.1. The number of nitro groups is 1. The predicted octanol–water partition coefficient (Wildman–Crippen LogP) is 2.25. The number of carbonyl (C=O) groups excluding carboxylic acids is 2. The molecule has 0 saturated heterocycles. The minimum atomic E-state index is -0.929. The Hall–Kier alpha value is -2.97. The number of aromatic nitrogens is 1. The summed E-state index contributed by atoms with van der Waals surface area (Å²) in [7, 11) is 1.23. The summed E-state index contributed by atoms with van der Waals surface area (Å²) in [6.45, 7) is 5.20. The molecule has 1 aromatic rings. The molecule has 0 aromatic carbocycles. The van der Waals surface area contributed by atoms with E-state index >= 15 is 0 Å². The van der Waals surface area contributed by atoms with Crippen LogP contribution >= 0.6 is 0 Å². The summed E-state index contributed by atoms with van der Waals surface area (Å²) in [5, 5.41) is 14.0. The van der Waals surface area contributed by atoms with Gasteiger partial charge in [-0.2, -0.15) is 0 Å². The molecule has 9 heteroatoms. The zero-order valence-electron chi connectivity index (χ0n) is 15.0. The van der Waals surface area contributed by atoms with E-state index in [1.54, 1.807) is 32.9 Å². The molecule has 2 atom stereocenters. The number of ether oxygens (including phenoxy) is 2. The summed E-state index contributed by atoms with van der Waals surface area (Å²) in [4.78, 5) is 38.1. The van der Waals surface area contributed by atoms with Crippen LogP contribution in [0.2, 0.25) is 0 Å². The van der Waals surface area contributed by atoms with E-state index in [1.165, 1.54) is 25.5 Å². The van der Waals surface area contributed by atoms with Crippen molar-refractivity contribution >= 4 is 17.9 Å². The van der Waals surface area contributed by atoms with Crippen LogP contribution in [0.25, 0.3) is 0 Å². The number of pyridine rings is 1. The summed E-state index contributed by atoms with van der Waals surface area (Å²) in [6.07, 6.45) is 3.74. The molecule has 1 N–H and O–H groups in total. The second-order valence-corrected chi connectivity index (χ2v) is 6.93. The highest BCUT2D eigenvalue weighted by atomic mass is 16.6. The van der Waals surface area contributed by atoms with Gasteiger partial charge in [-0.25, -0.2) is 9.59 Å². The number of carbonyl (C=O) groups is 2. The molecule has 1 aliphatic rings. The fourth-order valence-corrected chi connectivity index (χ4v) is 2.67. The lowest BCUT2D eigenvalue weighted by Crippen LogP contribution is -2.36. The Morgan fingerprint density at radius 1 is 1.46 bits per heavy atom.